The summed E-state index contributed by atoms with van der Waals surface area (Å²) in [5, 5.41) is 3.57. The zero-order valence-corrected chi connectivity index (χ0v) is 13.8. The van der Waals surface area contributed by atoms with Gasteiger partial charge in [0, 0.05) is 38.3 Å². The first-order valence-corrected chi connectivity index (χ1v) is 8.96. The molecule has 118 valence electrons. The van der Waals surface area contributed by atoms with Gasteiger partial charge in [-0.3, -0.25) is 0 Å². The van der Waals surface area contributed by atoms with E-state index >= 15 is 0 Å². The summed E-state index contributed by atoms with van der Waals surface area (Å²) in [5.74, 6) is 0. The summed E-state index contributed by atoms with van der Waals surface area (Å²) in [7, 11) is -1.46. The van der Waals surface area contributed by atoms with Crippen LogP contribution < -0.4 is 5.32 Å². The first-order valence-electron chi connectivity index (χ1n) is 7.56. The van der Waals surface area contributed by atoms with Crippen LogP contribution in [0.5, 0.6) is 0 Å². The van der Waals surface area contributed by atoms with E-state index in [2.05, 4.69) is 5.32 Å². The van der Waals surface area contributed by atoms with E-state index in [0.717, 1.165) is 32.1 Å². The van der Waals surface area contributed by atoms with Gasteiger partial charge in [0.15, 0.2) is 0 Å². The average Bonchev–Trinajstić information content (AvgIpc) is 2.77. The van der Waals surface area contributed by atoms with Crippen LogP contribution in [0.2, 0.25) is 0 Å². The first kappa shape index (κ1) is 16.5. The number of piperidine rings is 2. The largest absolute Gasteiger partial charge is 0.311 e. The summed E-state index contributed by atoms with van der Waals surface area (Å²) >= 11 is 0. The lowest BCUT2D eigenvalue weighted by atomic mass is 10.0. The molecule has 0 aromatic heterocycles. The molecule has 3 rings (SSSR count). The molecule has 3 aliphatic rings. The predicted octanol–water partition coefficient (Wildman–Crippen LogP) is 1.35. The van der Waals surface area contributed by atoms with Crippen LogP contribution in [0, 0.1) is 0 Å². The molecule has 5 nitrogen and oxygen atoms in total. The van der Waals surface area contributed by atoms with Crippen molar-refractivity contribution in [3.05, 3.63) is 0 Å². The molecule has 20 heavy (non-hydrogen) atoms. The lowest BCUT2D eigenvalue weighted by molar-refractivity contribution is 0.230. The van der Waals surface area contributed by atoms with Crippen LogP contribution in [0.15, 0.2) is 0 Å². The number of rotatable bonds is 3. The fourth-order valence-electron chi connectivity index (χ4n) is 3.79. The molecule has 0 aromatic carbocycles. The monoisotopic (exact) mass is 323 g/mol. The Morgan fingerprint density at radius 2 is 1.60 bits per heavy atom. The number of fused-ring (bicyclic) bond motifs is 2. The van der Waals surface area contributed by atoms with Crippen molar-refractivity contribution in [2.45, 2.75) is 63.1 Å². The van der Waals surface area contributed by atoms with E-state index in [0.29, 0.717) is 25.2 Å². The van der Waals surface area contributed by atoms with Crippen molar-refractivity contribution in [1.82, 2.24) is 13.9 Å². The second-order valence-electron chi connectivity index (χ2n) is 6.25. The number of hydrogen-bond donors (Lipinski definition) is 1. The summed E-state index contributed by atoms with van der Waals surface area (Å²) in [6.07, 6.45) is 7.53. The van der Waals surface area contributed by atoms with Crippen molar-refractivity contribution >= 4 is 22.6 Å². The SMILES string of the molecule is CN(C1CC2CCC(C1)N2)S(=O)(=O)N1CCCCC1.Cl. The fraction of sp³-hybridized carbons (Fsp3) is 1.00. The van der Waals surface area contributed by atoms with Gasteiger partial charge in [-0.25, -0.2) is 0 Å². The Morgan fingerprint density at radius 3 is 2.15 bits per heavy atom. The van der Waals surface area contributed by atoms with Crippen molar-refractivity contribution in [3.63, 3.8) is 0 Å². The third kappa shape index (κ3) is 3.14. The van der Waals surface area contributed by atoms with Crippen LogP contribution in [0.4, 0.5) is 0 Å². The Bertz CT molecular complexity index is 413. The molecule has 2 unspecified atom stereocenters. The van der Waals surface area contributed by atoms with Gasteiger partial charge in [-0.1, -0.05) is 6.42 Å². The molecule has 0 saturated carbocycles. The predicted molar refractivity (Wildman–Crippen MR) is 82.3 cm³/mol. The Balaban J connectivity index is 0.00000147. The van der Waals surface area contributed by atoms with E-state index in [1.165, 1.54) is 12.8 Å². The summed E-state index contributed by atoms with van der Waals surface area (Å²) in [6.45, 7) is 1.40. The highest BCUT2D eigenvalue weighted by atomic mass is 35.5. The average molecular weight is 324 g/mol. The number of nitrogens with zero attached hydrogens (tertiary/aromatic N) is 2. The van der Waals surface area contributed by atoms with Crippen LogP contribution in [0.3, 0.4) is 0 Å². The summed E-state index contributed by atoms with van der Waals surface area (Å²) in [5.41, 5.74) is 0. The van der Waals surface area contributed by atoms with Crippen molar-refractivity contribution in [2.24, 2.45) is 0 Å². The van der Waals surface area contributed by atoms with Gasteiger partial charge in [-0.15, -0.1) is 12.4 Å². The van der Waals surface area contributed by atoms with Gasteiger partial charge in [-0.05, 0) is 38.5 Å². The molecule has 1 N–H and O–H groups in total. The zero-order valence-electron chi connectivity index (χ0n) is 12.1. The van der Waals surface area contributed by atoms with Gasteiger partial charge in [-0.2, -0.15) is 17.0 Å². The van der Waals surface area contributed by atoms with Gasteiger partial charge in [0.25, 0.3) is 10.2 Å². The third-order valence-corrected chi connectivity index (χ3v) is 7.01. The molecule has 0 amide bonds. The van der Waals surface area contributed by atoms with Gasteiger partial charge in [0.1, 0.15) is 0 Å². The zero-order chi connectivity index (χ0) is 13.5. The fourth-order valence-corrected chi connectivity index (χ4v) is 5.42. The Morgan fingerprint density at radius 1 is 1.05 bits per heavy atom. The summed E-state index contributed by atoms with van der Waals surface area (Å²) < 4.78 is 28.6. The van der Waals surface area contributed by atoms with E-state index in [9.17, 15) is 8.42 Å². The molecular formula is C13H26ClN3O2S. The maximum Gasteiger partial charge on any atom is 0.281 e. The molecule has 3 saturated heterocycles. The molecule has 2 atom stereocenters. The topological polar surface area (TPSA) is 52.7 Å². The minimum absolute atomic E-state index is 0. The molecule has 3 heterocycles. The van der Waals surface area contributed by atoms with Crippen molar-refractivity contribution in [2.75, 3.05) is 20.1 Å². The van der Waals surface area contributed by atoms with E-state index in [1.807, 2.05) is 0 Å². The van der Waals surface area contributed by atoms with Crippen LogP contribution >= 0.6 is 12.4 Å². The highest BCUT2D eigenvalue weighted by Gasteiger charge is 2.40. The highest BCUT2D eigenvalue weighted by molar-refractivity contribution is 7.86. The normalized spacial score (nSPS) is 35.0. The Labute approximate surface area is 128 Å². The molecular weight excluding hydrogens is 298 g/mol. The minimum atomic E-state index is -3.24. The highest BCUT2D eigenvalue weighted by Crippen LogP contribution is 2.31. The lowest BCUT2D eigenvalue weighted by Crippen LogP contribution is -2.53. The summed E-state index contributed by atoms with van der Waals surface area (Å²) in [4.78, 5) is 0. The van der Waals surface area contributed by atoms with Gasteiger partial charge in [0.05, 0.1) is 0 Å². The first-order chi connectivity index (χ1) is 9.07. The molecule has 3 aliphatic heterocycles. The van der Waals surface area contributed by atoms with Crippen molar-refractivity contribution in [3.8, 4) is 0 Å². The quantitative estimate of drug-likeness (QED) is 0.853. The van der Waals surface area contributed by atoms with Crippen molar-refractivity contribution in [1.29, 1.82) is 0 Å². The second-order valence-corrected chi connectivity index (χ2v) is 8.23. The van der Waals surface area contributed by atoms with E-state index in [-0.39, 0.29) is 18.4 Å². The molecule has 3 fully saturated rings. The standard InChI is InChI=1S/C13H25N3O2S.ClH/c1-15(13-9-11-5-6-12(10-13)14-11)19(17,18)16-7-3-2-4-8-16;/h11-14H,2-10H2,1H3;1H. The Kier molecular flexibility index (Phi) is 5.34. The number of hydrogen-bond acceptors (Lipinski definition) is 3. The molecule has 0 aliphatic carbocycles. The molecule has 0 spiro atoms. The molecule has 2 bridgehead atoms. The van der Waals surface area contributed by atoms with Crippen LogP contribution in [-0.2, 0) is 10.2 Å². The van der Waals surface area contributed by atoms with E-state index in [1.54, 1.807) is 15.7 Å². The lowest BCUT2D eigenvalue weighted by Gasteiger charge is -2.38. The minimum Gasteiger partial charge on any atom is -0.311 e. The summed E-state index contributed by atoms with van der Waals surface area (Å²) in [6, 6.07) is 1.25. The Hall–Kier alpha value is 0.120. The van der Waals surface area contributed by atoms with Gasteiger partial charge in [0.2, 0.25) is 0 Å². The van der Waals surface area contributed by atoms with E-state index < -0.39 is 10.2 Å². The number of nitrogens with one attached hydrogen (secondary N) is 1. The smallest absolute Gasteiger partial charge is 0.281 e. The van der Waals surface area contributed by atoms with Gasteiger partial charge >= 0.3 is 0 Å². The van der Waals surface area contributed by atoms with Crippen molar-refractivity contribution < 1.29 is 8.42 Å². The van der Waals surface area contributed by atoms with Crippen LogP contribution in [0.1, 0.15) is 44.9 Å². The second kappa shape index (κ2) is 6.48. The van der Waals surface area contributed by atoms with Gasteiger partial charge < -0.3 is 5.32 Å². The molecule has 0 aromatic rings. The van der Waals surface area contributed by atoms with Crippen LogP contribution in [0.25, 0.3) is 0 Å². The molecule has 0 radical (unpaired) electrons. The van der Waals surface area contributed by atoms with Crippen LogP contribution in [-0.4, -0.2) is 55.3 Å². The maximum atomic E-state index is 12.7. The number of halogens is 1. The molecule has 7 heteroatoms. The maximum absolute atomic E-state index is 12.7. The third-order valence-electron chi connectivity index (χ3n) is 4.97. The van der Waals surface area contributed by atoms with E-state index in [4.69, 9.17) is 0 Å².